The van der Waals surface area contributed by atoms with Crippen molar-refractivity contribution in [2.75, 3.05) is 14.2 Å². The highest BCUT2D eigenvalue weighted by molar-refractivity contribution is 5.21. The lowest BCUT2D eigenvalue weighted by Crippen LogP contribution is -2.25. The smallest absolute Gasteiger partial charge is 0.259 e. The van der Waals surface area contributed by atoms with Crippen LogP contribution >= 0.6 is 0 Å². The van der Waals surface area contributed by atoms with Crippen LogP contribution in [-0.2, 0) is 0 Å². The number of aromatic nitrogens is 2. The lowest BCUT2D eigenvalue weighted by molar-refractivity contribution is 0.0985. The standard InChI is InChI=1S/C8H11F2N3O/c1-11-5(7(9)10)6-8(14-2)13-4-3-12-6/h3-5,7,11H,1-2H3. The van der Waals surface area contributed by atoms with Gasteiger partial charge in [0.2, 0.25) is 5.88 Å². The molecule has 1 atom stereocenters. The van der Waals surface area contributed by atoms with E-state index in [2.05, 4.69) is 15.3 Å². The van der Waals surface area contributed by atoms with Gasteiger partial charge >= 0.3 is 0 Å². The highest BCUT2D eigenvalue weighted by Crippen LogP contribution is 2.24. The van der Waals surface area contributed by atoms with Crippen molar-refractivity contribution < 1.29 is 13.5 Å². The summed E-state index contributed by atoms with van der Waals surface area (Å²) in [6, 6.07) is -1.15. The molecular formula is C8H11F2N3O. The molecule has 78 valence electrons. The number of rotatable bonds is 4. The minimum atomic E-state index is -2.55. The van der Waals surface area contributed by atoms with Gasteiger partial charge in [0.15, 0.2) is 0 Å². The quantitative estimate of drug-likeness (QED) is 0.793. The van der Waals surface area contributed by atoms with Gasteiger partial charge in [-0.05, 0) is 7.05 Å². The summed E-state index contributed by atoms with van der Waals surface area (Å²) < 4.78 is 29.9. The molecule has 4 nitrogen and oxygen atoms in total. The van der Waals surface area contributed by atoms with Crippen LogP contribution in [0.1, 0.15) is 11.7 Å². The fraction of sp³-hybridized carbons (Fsp3) is 0.500. The molecule has 0 radical (unpaired) electrons. The van der Waals surface area contributed by atoms with Crippen LogP contribution in [0.15, 0.2) is 12.4 Å². The van der Waals surface area contributed by atoms with Crippen LogP contribution in [0.3, 0.4) is 0 Å². The van der Waals surface area contributed by atoms with Crippen molar-refractivity contribution in [3.8, 4) is 5.88 Å². The summed E-state index contributed by atoms with van der Waals surface area (Å²) in [7, 11) is 2.80. The number of methoxy groups -OCH3 is 1. The summed E-state index contributed by atoms with van der Waals surface area (Å²) in [5, 5.41) is 2.46. The number of hydrogen-bond donors (Lipinski definition) is 1. The van der Waals surface area contributed by atoms with E-state index in [0.29, 0.717) is 0 Å². The molecule has 0 saturated heterocycles. The number of ether oxygens (including phenoxy) is 1. The summed E-state index contributed by atoms with van der Waals surface area (Å²) >= 11 is 0. The third-order valence-electron chi connectivity index (χ3n) is 1.74. The molecule has 0 aromatic carbocycles. The van der Waals surface area contributed by atoms with Gasteiger partial charge in [-0.1, -0.05) is 0 Å². The van der Waals surface area contributed by atoms with E-state index >= 15 is 0 Å². The van der Waals surface area contributed by atoms with Gasteiger partial charge in [0.25, 0.3) is 6.43 Å². The highest BCUT2D eigenvalue weighted by atomic mass is 19.3. The van der Waals surface area contributed by atoms with Crippen LogP contribution in [0.5, 0.6) is 5.88 Å². The number of nitrogens with one attached hydrogen (secondary N) is 1. The Balaban J connectivity index is 3.02. The zero-order valence-electron chi connectivity index (χ0n) is 7.87. The molecule has 0 aliphatic heterocycles. The predicted molar refractivity (Wildman–Crippen MR) is 46.4 cm³/mol. The maximum Gasteiger partial charge on any atom is 0.259 e. The fourth-order valence-electron chi connectivity index (χ4n) is 1.09. The summed E-state index contributed by atoms with van der Waals surface area (Å²) in [5.41, 5.74) is 0.118. The first-order chi connectivity index (χ1) is 6.70. The highest BCUT2D eigenvalue weighted by Gasteiger charge is 2.25. The second kappa shape index (κ2) is 4.80. The average Bonchev–Trinajstić information content (AvgIpc) is 2.19. The summed E-state index contributed by atoms with van der Waals surface area (Å²) in [5.74, 6) is 0.118. The third-order valence-corrected chi connectivity index (χ3v) is 1.74. The van der Waals surface area contributed by atoms with Crippen molar-refractivity contribution in [1.29, 1.82) is 0 Å². The number of halogens is 2. The second-order valence-corrected chi connectivity index (χ2v) is 2.55. The topological polar surface area (TPSA) is 47.0 Å². The minimum Gasteiger partial charge on any atom is -0.480 e. The molecule has 0 saturated carbocycles. The SMILES string of the molecule is CNC(c1nccnc1OC)C(F)F. The van der Waals surface area contributed by atoms with E-state index in [0.717, 1.165) is 0 Å². The molecule has 6 heteroatoms. The maximum absolute atomic E-state index is 12.5. The Bertz CT molecular complexity index is 296. The monoisotopic (exact) mass is 203 g/mol. The molecule has 0 amide bonds. The van der Waals surface area contributed by atoms with Crippen LogP contribution in [-0.4, -0.2) is 30.6 Å². The first-order valence-corrected chi connectivity index (χ1v) is 4.01. The summed E-state index contributed by atoms with van der Waals surface area (Å²) in [4.78, 5) is 7.60. The Morgan fingerprint density at radius 1 is 1.36 bits per heavy atom. The van der Waals surface area contributed by atoms with Crippen molar-refractivity contribution in [1.82, 2.24) is 15.3 Å². The van der Waals surface area contributed by atoms with Gasteiger partial charge in [-0.2, -0.15) is 0 Å². The van der Waals surface area contributed by atoms with Gasteiger partial charge in [-0.15, -0.1) is 0 Å². The van der Waals surface area contributed by atoms with Crippen LogP contribution in [0.4, 0.5) is 8.78 Å². The van der Waals surface area contributed by atoms with Crippen molar-refractivity contribution in [3.05, 3.63) is 18.1 Å². The van der Waals surface area contributed by atoms with Crippen LogP contribution in [0.2, 0.25) is 0 Å². The average molecular weight is 203 g/mol. The lowest BCUT2D eigenvalue weighted by atomic mass is 10.2. The molecule has 0 spiro atoms. The van der Waals surface area contributed by atoms with Crippen molar-refractivity contribution in [2.24, 2.45) is 0 Å². The van der Waals surface area contributed by atoms with Gasteiger partial charge in [0.1, 0.15) is 11.7 Å². The van der Waals surface area contributed by atoms with E-state index in [1.54, 1.807) is 0 Å². The van der Waals surface area contributed by atoms with E-state index in [1.165, 1.54) is 26.6 Å². The molecule has 0 aliphatic rings. The van der Waals surface area contributed by atoms with Gasteiger partial charge in [0, 0.05) is 12.4 Å². The van der Waals surface area contributed by atoms with E-state index in [-0.39, 0.29) is 11.6 Å². The minimum absolute atomic E-state index is 0.118. The molecule has 0 fully saturated rings. The third kappa shape index (κ3) is 2.14. The number of hydrogen-bond acceptors (Lipinski definition) is 4. The normalized spacial score (nSPS) is 12.9. The van der Waals surface area contributed by atoms with Crippen molar-refractivity contribution in [3.63, 3.8) is 0 Å². The Morgan fingerprint density at radius 2 is 2.00 bits per heavy atom. The van der Waals surface area contributed by atoms with Gasteiger partial charge in [-0.25, -0.2) is 13.8 Å². The summed E-state index contributed by atoms with van der Waals surface area (Å²) in [6.07, 6.45) is 0.191. The molecule has 1 unspecified atom stereocenters. The number of alkyl halides is 2. The fourth-order valence-corrected chi connectivity index (χ4v) is 1.09. The Hall–Kier alpha value is -1.30. The van der Waals surface area contributed by atoms with Crippen LogP contribution < -0.4 is 10.1 Å². The van der Waals surface area contributed by atoms with Crippen LogP contribution in [0.25, 0.3) is 0 Å². The van der Waals surface area contributed by atoms with E-state index in [1.807, 2.05) is 0 Å². The van der Waals surface area contributed by atoms with Gasteiger partial charge in [0.05, 0.1) is 7.11 Å². The molecule has 0 bridgehead atoms. The molecule has 14 heavy (non-hydrogen) atoms. The van der Waals surface area contributed by atoms with E-state index in [9.17, 15) is 8.78 Å². The zero-order valence-corrected chi connectivity index (χ0v) is 7.87. The molecular weight excluding hydrogens is 192 g/mol. The molecule has 1 aromatic rings. The van der Waals surface area contributed by atoms with Gasteiger partial charge in [-0.3, -0.25) is 4.98 Å². The lowest BCUT2D eigenvalue weighted by Gasteiger charge is -2.15. The Kier molecular flexibility index (Phi) is 3.70. The first-order valence-electron chi connectivity index (χ1n) is 4.01. The number of nitrogens with zero attached hydrogens (tertiary/aromatic N) is 2. The molecule has 1 heterocycles. The van der Waals surface area contributed by atoms with Gasteiger partial charge < -0.3 is 10.1 Å². The van der Waals surface area contributed by atoms with E-state index in [4.69, 9.17) is 4.74 Å². The van der Waals surface area contributed by atoms with Crippen LogP contribution in [0, 0.1) is 0 Å². The van der Waals surface area contributed by atoms with Crippen molar-refractivity contribution >= 4 is 0 Å². The summed E-state index contributed by atoms with van der Waals surface area (Å²) in [6.45, 7) is 0. The molecule has 1 rings (SSSR count). The second-order valence-electron chi connectivity index (χ2n) is 2.55. The Labute approximate surface area is 80.3 Å². The van der Waals surface area contributed by atoms with Crippen molar-refractivity contribution in [2.45, 2.75) is 12.5 Å². The largest absolute Gasteiger partial charge is 0.480 e. The zero-order chi connectivity index (χ0) is 10.6. The maximum atomic E-state index is 12.5. The van der Waals surface area contributed by atoms with E-state index < -0.39 is 12.5 Å². The molecule has 0 aliphatic carbocycles. The molecule has 1 N–H and O–H groups in total. The Morgan fingerprint density at radius 3 is 2.50 bits per heavy atom. The predicted octanol–water partition coefficient (Wildman–Crippen LogP) is 1.01. The molecule has 1 aromatic heterocycles. The first kappa shape index (κ1) is 10.8.